The van der Waals surface area contributed by atoms with Crippen molar-refractivity contribution >= 4 is 23.2 Å². The first-order valence-corrected chi connectivity index (χ1v) is 9.88. The number of nitro benzene ring substituents is 1. The first-order chi connectivity index (χ1) is 14.1. The molecule has 0 radical (unpaired) electrons. The van der Waals surface area contributed by atoms with E-state index >= 15 is 0 Å². The molecule has 1 amide bonds. The summed E-state index contributed by atoms with van der Waals surface area (Å²) in [5, 5.41) is 11.3. The molecule has 0 aliphatic carbocycles. The number of rotatable bonds is 6. The molecular formula is C23H23ClN2O4. The Labute approximate surface area is 180 Å². The second-order valence-corrected chi connectivity index (χ2v) is 8.52. The fourth-order valence-corrected chi connectivity index (χ4v) is 3.28. The van der Waals surface area contributed by atoms with Gasteiger partial charge in [-0.25, -0.2) is 0 Å². The van der Waals surface area contributed by atoms with Gasteiger partial charge >= 0.3 is 0 Å². The number of carbonyl (C=O) groups excluding carboxylic acids is 1. The molecule has 30 heavy (non-hydrogen) atoms. The SMILES string of the molecule is CC(C)(C)c1ccc(CN(Cc2ccco2)C(=O)c2cc([N+](=O)[O-])ccc2Cl)cc1. The molecule has 1 aromatic heterocycles. The van der Waals surface area contributed by atoms with Crippen LogP contribution in [0, 0.1) is 10.1 Å². The van der Waals surface area contributed by atoms with Gasteiger partial charge in [0.15, 0.2) is 0 Å². The lowest BCUT2D eigenvalue weighted by molar-refractivity contribution is -0.384. The Morgan fingerprint density at radius 3 is 2.37 bits per heavy atom. The van der Waals surface area contributed by atoms with Crippen LogP contribution in [0.15, 0.2) is 65.3 Å². The van der Waals surface area contributed by atoms with E-state index in [-0.39, 0.29) is 28.2 Å². The Morgan fingerprint density at radius 1 is 1.10 bits per heavy atom. The maximum absolute atomic E-state index is 13.3. The van der Waals surface area contributed by atoms with Crippen LogP contribution in [0.4, 0.5) is 5.69 Å². The molecule has 0 saturated heterocycles. The molecule has 0 fully saturated rings. The van der Waals surface area contributed by atoms with Gasteiger partial charge in [0.2, 0.25) is 0 Å². The van der Waals surface area contributed by atoms with E-state index in [4.69, 9.17) is 16.0 Å². The lowest BCUT2D eigenvalue weighted by atomic mass is 9.87. The van der Waals surface area contributed by atoms with Gasteiger partial charge in [-0.1, -0.05) is 56.6 Å². The lowest BCUT2D eigenvalue weighted by Crippen LogP contribution is -2.30. The van der Waals surface area contributed by atoms with Crippen molar-refractivity contribution in [1.82, 2.24) is 4.90 Å². The number of nitro groups is 1. The van der Waals surface area contributed by atoms with Gasteiger partial charge in [0.25, 0.3) is 11.6 Å². The van der Waals surface area contributed by atoms with Gasteiger partial charge in [-0.15, -0.1) is 0 Å². The second kappa shape index (κ2) is 8.71. The van der Waals surface area contributed by atoms with Crippen LogP contribution in [0.2, 0.25) is 5.02 Å². The van der Waals surface area contributed by atoms with Crippen molar-refractivity contribution in [3.8, 4) is 0 Å². The molecule has 0 N–H and O–H groups in total. The average Bonchev–Trinajstić information content (AvgIpc) is 3.20. The van der Waals surface area contributed by atoms with Gasteiger partial charge < -0.3 is 9.32 Å². The molecule has 0 saturated carbocycles. The molecule has 0 atom stereocenters. The zero-order valence-electron chi connectivity index (χ0n) is 17.1. The number of carbonyl (C=O) groups is 1. The van der Waals surface area contributed by atoms with E-state index in [1.54, 1.807) is 17.0 Å². The van der Waals surface area contributed by atoms with Crippen LogP contribution in [-0.2, 0) is 18.5 Å². The zero-order chi connectivity index (χ0) is 21.9. The standard InChI is InChI=1S/C23H23ClN2O4/c1-23(2,3)17-8-6-16(7-9-17)14-25(15-19-5-4-12-30-19)22(27)20-13-18(26(28)29)10-11-21(20)24/h4-13H,14-15H2,1-3H3. The minimum atomic E-state index is -0.546. The van der Waals surface area contributed by atoms with Crippen LogP contribution in [0.5, 0.6) is 0 Å². The largest absolute Gasteiger partial charge is 0.467 e. The minimum absolute atomic E-state index is 0.0265. The predicted molar refractivity (Wildman–Crippen MR) is 116 cm³/mol. The molecule has 0 aliphatic heterocycles. The van der Waals surface area contributed by atoms with E-state index in [1.165, 1.54) is 30.0 Å². The molecule has 156 valence electrons. The summed E-state index contributed by atoms with van der Waals surface area (Å²) in [5.41, 5.74) is 2.05. The van der Waals surface area contributed by atoms with Gasteiger partial charge in [-0.3, -0.25) is 14.9 Å². The summed E-state index contributed by atoms with van der Waals surface area (Å²) >= 11 is 6.20. The van der Waals surface area contributed by atoms with Crippen LogP contribution >= 0.6 is 11.6 Å². The quantitative estimate of drug-likeness (QED) is 0.358. The lowest BCUT2D eigenvalue weighted by Gasteiger charge is -2.24. The summed E-state index contributed by atoms with van der Waals surface area (Å²) < 4.78 is 5.41. The molecule has 0 unspecified atom stereocenters. The number of hydrogen-bond donors (Lipinski definition) is 0. The number of nitrogens with zero attached hydrogens (tertiary/aromatic N) is 2. The fraction of sp³-hybridized carbons (Fsp3) is 0.261. The highest BCUT2D eigenvalue weighted by molar-refractivity contribution is 6.33. The highest BCUT2D eigenvalue weighted by Crippen LogP contribution is 2.26. The smallest absolute Gasteiger partial charge is 0.270 e. The van der Waals surface area contributed by atoms with E-state index in [1.807, 2.05) is 24.3 Å². The van der Waals surface area contributed by atoms with Gasteiger partial charge in [0, 0.05) is 18.7 Å². The van der Waals surface area contributed by atoms with Gasteiger partial charge in [-0.2, -0.15) is 0 Å². The first kappa shape index (κ1) is 21.6. The maximum atomic E-state index is 13.3. The number of furan rings is 1. The van der Waals surface area contributed by atoms with E-state index in [0.29, 0.717) is 12.3 Å². The highest BCUT2D eigenvalue weighted by Gasteiger charge is 2.23. The van der Waals surface area contributed by atoms with Crippen molar-refractivity contribution in [3.05, 3.63) is 98.4 Å². The van der Waals surface area contributed by atoms with Crippen LogP contribution < -0.4 is 0 Å². The number of halogens is 1. The average molecular weight is 427 g/mol. The maximum Gasteiger partial charge on any atom is 0.270 e. The van der Waals surface area contributed by atoms with Crippen molar-refractivity contribution in [2.45, 2.75) is 39.3 Å². The van der Waals surface area contributed by atoms with Crippen molar-refractivity contribution in [2.24, 2.45) is 0 Å². The summed E-state index contributed by atoms with van der Waals surface area (Å²) in [5.74, 6) is 0.205. The summed E-state index contributed by atoms with van der Waals surface area (Å²) in [6.07, 6.45) is 1.54. The number of amides is 1. The summed E-state index contributed by atoms with van der Waals surface area (Å²) in [7, 11) is 0. The monoisotopic (exact) mass is 426 g/mol. The van der Waals surface area contributed by atoms with Gasteiger partial charge in [-0.05, 0) is 34.7 Å². The summed E-state index contributed by atoms with van der Waals surface area (Å²) in [6.45, 7) is 6.94. The topological polar surface area (TPSA) is 76.6 Å². The number of hydrogen-bond acceptors (Lipinski definition) is 4. The van der Waals surface area contributed by atoms with Crippen LogP contribution in [-0.4, -0.2) is 15.7 Å². The highest BCUT2D eigenvalue weighted by atomic mass is 35.5. The Balaban J connectivity index is 1.92. The van der Waals surface area contributed by atoms with Crippen LogP contribution in [0.1, 0.15) is 48.0 Å². The number of benzene rings is 2. The Morgan fingerprint density at radius 2 is 1.80 bits per heavy atom. The third-order valence-electron chi connectivity index (χ3n) is 4.80. The summed E-state index contributed by atoms with van der Waals surface area (Å²) in [6, 6.07) is 15.4. The molecule has 1 heterocycles. The molecule has 0 bridgehead atoms. The van der Waals surface area contributed by atoms with E-state index in [0.717, 1.165) is 5.56 Å². The normalized spacial score (nSPS) is 11.3. The minimum Gasteiger partial charge on any atom is -0.467 e. The fourth-order valence-electron chi connectivity index (χ4n) is 3.08. The predicted octanol–water partition coefficient (Wildman–Crippen LogP) is 5.98. The number of non-ortho nitro benzene ring substituents is 1. The van der Waals surface area contributed by atoms with Gasteiger partial charge in [0.1, 0.15) is 5.76 Å². The van der Waals surface area contributed by atoms with Crippen molar-refractivity contribution in [1.29, 1.82) is 0 Å². The molecule has 7 heteroatoms. The van der Waals surface area contributed by atoms with Gasteiger partial charge in [0.05, 0.1) is 28.3 Å². The molecule has 2 aromatic carbocycles. The van der Waals surface area contributed by atoms with Crippen molar-refractivity contribution < 1.29 is 14.1 Å². The van der Waals surface area contributed by atoms with Crippen molar-refractivity contribution in [2.75, 3.05) is 0 Å². The molecule has 3 aromatic rings. The third-order valence-corrected chi connectivity index (χ3v) is 5.13. The first-order valence-electron chi connectivity index (χ1n) is 9.50. The molecule has 3 rings (SSSR count). The van der Waals surface area contributed by atoms with Crippen molar-refractivity contribution in [3.63, 3.8) is 0 Å². The van der Waals surface area contributed by atoms with Crippen LogP contribution in [0.3, 0.4) is 0 Å². The molecule has 0 spiro atoms. The zero-order valence-corrected chi connectivity index (χ0v) is 17.8. The second-order valence-electron chi connectivity index (χ2n) is 8.11. The molecular weight excluding hydrogens is 404 g/mol. The molecule has 0 aliphatic rings. The molecule has 6 nitrogen and oxygen atoms in total. The van der Waals surface area contributed by atoms with E-state index in [9.17, 15) is 14.9 Å². The Kier molecular flexibility index (Phi) is 6.27. The third kappa shape index (κ3) is 5.07. The van der Waals surface area contributed by atoms with Crippen LogP contribution in [0.25, 0.3) is 0 Å². The summed E-state index contributed by atoms with van der Waals surface area (Å²) in [4.78, 5) is 25.4. The van der Waals surface area contributed by atoms with E-state index < -0.39 is 10.8 Å². The van der Waals surface area contributed by atoms with E-state index in [2.05, 4.69) is 20.8 Å². The Bertz CT molecular complexity index is 1040. The Hall–Kier alpha value is -3.12.